The van der Waals surface area contributed by atoms with Crippen LogP contribution >= 0.6 is 0 Å². The number of pyridine rings is 1. The van der Waals surface area contributed by atoms with Crippen molar-refractivity contribution in [2.24, 2.45) is 13.0 Å². The number of aliphatic hydroxyl groups excluding tert-OH is 1. The minimum Gasteiger partial charge on any atom is -0.495 e. The molecule has 0 fully saturated rings. The van der Waals surface area contributed by atoms with E-state index in [-0.39, 0.29) is 12.5 Å². The summed E-state index contributed by atoms with van der Waals surface area (Å²) in [7, 11) is 3.52. The predicted molar refractivity (Wildman–Crippen MR) is 116 cm³/mol. The van der Waals surface area contributed by atoms with Gasteiger partial charge in [-0.25, -0.2) is 9.97 Å². The Hall–Kier alpha value is -3.52. The first-order valence-electron chi connectivity index (χ1n) is 9.73. The van der Waals surface area contributed by atoms with Crippen LogP contribution in [-0.2, 0) is 13.5 Å². The van der Waals surface area contributed by atoms with Crippen molar-refractivity contribution in [2.45, 2.75) is 13.3 Å². The van der Waals surface area contributed by atoms with Crippen molar-refractivity contribution in [3.8, 4) is 16.9 Å². The average molecular weight is 404 g/mol. The lowest BCUT2D eigenvalue weighted by molar-refractivity contribution is 0.236. The van der Waals surface area contributed by atoms with Crippen LogP contribution in [0.1, 0.15) is 12.6 Å². The molecule has 1 unspecified atom stereocenters. The Kier molecular flexibility index (Phi) is 5.58. The van der Waals surface area contributed by atoms with Crippen molar-refractivity contribution in [1.82, 2.24) is 24.7 Å². The molecule has 0 saturated carbocycles. The summed E-state index contributed by atoms with van der Waals surface area (Å²) in [6.45, 7) is 2.09. The molecule has 8 nitrogen and oxygen atoms in total. The molecule has 2 N–H and O–H groups in total. The summed E-state index contributed by atoms with van der Waals surface area (Å²) in [6, 6.07) is 7.78. The van der Waals surface area contributed by atoms with Gasteiger partial charge in [0.2, 0.25) is 5.95 Å². The smallest absolute Gasteiger partial charge is 0.227 e. The quantitative estimate of drug-likeness (QED) is 0.487. The maximum absolute atomic E-state index is 9.39. The number of methoxy groups -OCH3 is 1. The number of rotatable bonds is 7. The Morgan fingerprint density at radius 1 is 1.17 bits per heavy atom. The van der Waals surface area contributed by atoms with Crippen molar-refractivity contribution in [2.75, 3.05) is 19.0 Å². The molecular formula is C22H24N6O2. The van der Waals surface area contributed by atoms with Crippen LogP contribution in [0.15, 0.2) is 49.1 Å². The van der Waals surface area contributed by atoms with E-state index in [0.717, 1.165) is 33.4 Å². The first kappa shape index (κ1) is 19.8. The van der Waals surface area contributed by atoms with Crippen LogP contribution in [-0.4, -0.2) is 43.6 Å². The Bertz CT molecular complexity index is 1170. The SMILES string of the molecule is COc1cc(-c2cnn(C)c2)ccc1Nc1ncc2ccnc(CC(C)CO)c2n1. The summed E-state index contributed by atoms with van der Waals surface area (Å²) in [5, 5.41) is 17.8. The first-order valence-corrected chi connectivity index (χ1v) is 9.73. The molecule has 0 bridgehead atoms. The molecule has 0 aliphatic heterocycles. The van der Waals surface area contributed by atoms with E-state index < -0.39 is 0 Å². The zero-order chi connectivity index (χ0) is 21.1. The van der Waals surface area contributed by atoms with E-state index in [2.05, 4.69) is 25.4 Å². The fraction of sp³-hybridized carbons (Fsp3) is 0.273. The van der Waals surface area contributed by atoms with Gasteiger partial charge in [-0.1, -0.05) is 13.0 Å². The number of aryl methyl sites for hydroxylation is 1. The summed E-state index contributed by atoms with van der Waals surface area (Å²) in [5.41, 5.74) is 4.41. The second-order valence-electron chi connectivity index (χ2n) is 7.32. The molecule has 154 valence electrons. The number of aliphatic hydroxyl groups is 1. The third-order valence-electron chi connectivity index (χ3n) is 4.91. The molecule has 1 atom stereocenters. The number of fused-ring (bicyclic) bond motifs is 1. The van der Waals surface area contributed by atoms with E-state index in [4.69, 9.17) is 4.74 Å². The van der Waals surface area contributed by atoms with E-state index in [1.165, 1.54) is 0 Å². The lowest BCUT2D eigenvalue weighted by atomic mass is 10.0. The average Bonchev–Trinajstić information content (AvgIpc) is 3.20. The zero-order valence-electron chi connectivity index (χ0n) is 17.2. The first-order chi connectivity index (χ1) is 14.6. The van der Waals surface area contributed by atoms with Gasteiger partial charge in [0, 0.05) is 43.2 Å². The van der Waals surface area contributed by atoms with Crippen molar-refractivity contribution < 1.29 is 9.84 Å². The van der Waals surface area contributed by atoms with Gasteiger partial charge in [-0.2, -0.15) is 5.10 Å². The second kappa shape index (κ2) is 8.46. The van der Waals surface area contributed by atoms with Gasteiger partial charge in [-0.15, -0.1) is 0 Å². The van der Waals surface area contributed by atoms with Crippen LogP contribution in [0.3, 0.4) is 0 Å². The van der Waals surface area contributed by atoms with Crippen LogP contribution in [0.25, 0.3) is 22.0 Å². The largest absolute Gasteiger partial charge is 0.495 e. The molecule has 1 aromatic carbocycles. The number of nitrogens with one attached hydrogen (secondary N) is 1. The van der Waals surface area contributed by atoms with Crippen molar-refractivity contribution in [1.29, 1.82) is 0 Å². The van der Waals surface area contributed by atoms with E-state index >= 15 is 0 Å². The minimum absolute atomic E-state index is 0.106. The van der Waals surface area contributed by atoms with E-state index in [1.807, 2.05) is 50.6 Å². The van der Waals surface area contributed by atoms with Crippen molar-refractivity contribution in [3.63, 3.8) is 0 Å². The molecule has 0 saturated heterocycles. The van der Waals surface area contributed by atoms with Crippen LogP contribution in [0, 0.1) is 5.92 Å². The zero-order valence-corrected chi connectivity index (χ0v) is 17.2. The van der Waals surface area contributed by atoms with Crippen LogP contribution in [0.5, 0.6) is 5.75 Å². The van der Waals surface area contributed by atoms with E-state index in [9.17, 15) is 5.11 Å². The standard InChI is InChI=1S/C22H24N6O2/c1-14(13-29)8-19-21-16(6-7-23-19)10-24-22(27-21)26-18-5-4-15(9-20(18)30-3)17-11-25-28(2)12-17/h4-7,9-12,14,29H,8,13H2,1-3H3,(H,24,26,27). The molecular weight excluding hydrogens is 380 g/mol. The molecule has 3 heterocycles. The highest BCUT2D eigenvalue weighted by Crippen LogP contribution is 2.32. The molecule has 4 aromatic rings. The molecule has 4 rings (SSSR count). The molecule has 0 radical (unpaired) electrons. The molecule has 8 heteroatoms. The molecule has 30 heavy (non-hydrogen) atoms. The van der Waals surface area contributed by atoms with Gasteiger partial charge in [0.05, 0.1) is 30.2 Å². The summed E-state index contributed by atoms with van der Waals surface area (Å²) < 4.78 is 7.34. The molecule has 0 aliphatic carbocycles. The predicted octanol–water partition coefficient (Wildman–Crippen LogP) is 3.35. The third-order valence-corrected chi connectivity index (χ3v) is 4.91. The maximum atomic E-state index is 9.39. The highest BCUT2D eigenvalue weighted by atomic mass is 16.5. The molecule has 0 spiro atoms. The summed E-state index contributed by atoms with van der Waals surface area (Å²) in [6.07, 6.45) is 7.94. The minimum atomic E-state index is 0.106. The Labute approximate surface area is 174 Å². The van der Waals surface area contributed by atoms with Crippen molar-refractivity contribution in [3.05, 3.63) is 54.7 Å². The molecule has 0 amide bonds. The number of benzene rings is 1. The summed E-state index contributed by atoms with van der Waals surface area (Å²) >= 11 is 0. The number of ether oxygens (including phenoxy) is 1. The van der Waals surface area contributed by atoms with Gasteiger partial charge in [-0.05, 0) is 36.1 Å². The van der Waals surface area contributed by atoms with E-state index in [1.54, 1.807) is 24.2 Å². The normalized spacial score (nSPS) is 12.1. The van der Waals surface area contributed by atoms with Gasteiger partial charge in [0.1, 0.15) is 5.75 Å². The Morgan fingerprint density at radius 3 is 2.77 bits per heavy atom. The summed E-state index contributed by atoms with van der Waals surface area (Å²) in [5.74, 6) is 1.25. The van der Waals surface area contributed by atoms with Gasteiger partial charge in [0.25, 0.3) is 0 Å². The van der Waals surface area contributed by atoms with Gasteiger partial charge >= 0.3 is 0 Å². The summed E-state index contributed by atoms with van der Waals surface area (Å²) in [4.78, 5) is 13.6. The highest BCUT2D eigenvalue weighted by Gasteiger charge is 2.12. The maximum Gasteiger partial charge on any atom is 0.227 e. The number of hydrogen-bond donors (Lipinski definition) is 2. The lowest BCUT2D eigenvalue weighted by Crippen LogP contribution is -2.08. The highest BCUT2D eigenvalue weighted by molar-refractivity contribution is 5.81. The second-order valence-corrected chi connectivity index (χ2v) is 7.32. The van der Waals surface area contributed by atoms with Gasteiger partial charge < -0.3 is 15.2 Å². The van der Waals surface area contributed by atoms with Crippen LogP contribution in [0.2, 0.25) is 0 Å². The Balaban J connectivity index is 1.65. The monoisotopic (exact) mass is 404 g/mol. The fourth-order valence-electron chi connectivity index (χ4n) is 3.28. The number of nitrogens with zero attached hydrogens (tertiary/aromatic N) is 5. The fourth-order valence-corrected chi connectivity index (χ4v) is 3.28. The third kappa shape index (κ3) is 4.08. The number of anilines is 2. The number of hydrogen-bond acceptors (Lipinski definition) is 7. The van der Waals surface area contributed by atoms with Crippen LogP contribution in [0.4, 0.5) is 11.6 Å². The molecule has 0 aliphatic rings. The van der Waals surface area contributed by atoms with Crippen molar-refractivity contribution >= 4 is 22.5 Å². The topological polar surface area (TPSA) is 98.0 Å². The molecule has 3 aromatic heterocycles. The lowest BCUT2D eigenvalue weighted by Gasteiger charge is -2.13. The van der Waals surface area contributed by atoms with Gasteiger partial charge in [-0.3, -0.25) is 9.67 Å². The van der Waals surface area contributed by atoms with Crippen LogP contribution < -0.4 is 10.1 Å². The number of aromatic nitrogens is 5. The van der Waals surface area contributed by atoms with E-state index in [0.29, 0.717) is 18.1 Å². The Morgan fingerprint density at radius 2 is 2.03 bits per heavy atom. The van der Waals surface area contributed by atoms with Gasteiger partial charge in [0.15, 0.2) is 0 Å².